The van der Waals surface area contributed by atoms with Gasteiger partial charge in [0.2, 0.25) is 0 Å². The second kappa shape index (κ2) is 18.0. The summed E-state index contributed by atoms with van der Waals surface area (Å²) in [5.74, 6) is 0.970. The maximum absolute atomic E-state index is 2.62. The number of fused-ring (bicyclic) bond motifs is 6. The standard InChI is InChI=1S/C75H60N2/c1-74(2)68-32-15-14-31-64(68)65-44-43-63(49-69(65)74)77(61-29-10-5-11-30-61)71-34-17-24-57-46-59-26-18-25-58-45-56-23-16-33-70(72(56)75(58,59)73(57)71)76(60-27-8-4-9-28-60)62-41-39-53(40-42-62)67-48-55-22-13-12-21-54(55)47-66(67)52-37-35-51(36-38-52)50-19-6-3-7-20-50/h3-17,19-24,27-44,47-49,58-59H,18,25-26,45-46H2,1-2H3. The van der Waals surface area contributed by atoms with Gasteiger partial charge in [-0.1, -0.05) is 202 Å². The molecule has 15 rings (SSSR count). The van der Waals surface area contributed by atoms with Gasteiger partial charge in [0.05, 0.1) is 11.4 Å². The number of benzene rings is 11. The summed E-state index contributed by atoms with van der Waals surface area (Å²) in [5.41, 5.74) is 26.0. The van der Waals surface area contributed by atoms with E-state index in [4.69, 9.17) is 0 Å². The van der Waals surface area contributed by atoms with Crippen LogP contribution in [0.15, 0.2) is 255 Å². The molecule has 0 bridgehead atoms. The number of hydrogen-bond acceptors (Lipinski definition) is 2. The Hall–Kier alpha value is -8.72. The smallest absolute Gasteiger partial charge is 0.0505 e. The summed E-state index contributed by atoms with van der Waals surface area (Å²) in [6.45, 7) is 4.81. The fourth-order valence-corrected chi connectivity index (χ4v) is 15.1. The minimum Gasteiger partial charge on any atom is -0.310 e. The highest BCUT2D eigenvalue weighted by Gasteiger charge is 2.60. The van der Waals surface area contributed by atoms with Gasteiger partial charge in [-0.15, -0.1) is 0 Å². The quantitative estimate of drug-likeness (QED) is 0.142. The number of hydrogen-bond donors (Lipinski definition) is 0. The lowest BCUT2D eigenvalue weighted by molar-refractivity contribution is 0.177. The van der Waals surface area contributed by atoms with Gasteiger partial charge >= 0.3 is 0 Å². The molecule has 0 N–H and O–H groups in total. The molecule has 2 heteroatoms. The summed E-state index contributed by atoms with van der Waals surface area (Å²) in [6.07, 6.45) is 5.88. The van der Waals surface area contributed by atoms with Gasteiger partial charge in [-0.25, -0.2) is 0 Å². The van der Waals surface area contributed by atoms with E-state index in [2.05, 4.69) is 278 Å². The van der Waals surface area contributed by atoms with Gasteiger partial charge in [-0.3, -0.25) is 0 Å². The number of nitrogens with zero attached hydrogens (tertiary/aromatic N) is 2. The van der Waals surface area contributed by atoms with Crippen LogP contribution in [0.4, 0.5) is 34.1 Å². The van der Waals surface area contributed by atoms with Crippen LogP contribution in [-0.2, 0) is 23.7 Å². The Morgan fingerprint density at radius 1 is 0.338 bits per heavy atom. The molecular formula is C75H60N2. The predicted octanol–water partition coefficient (Wildman–Crippen LogP) is 19.9. The van der Waals surface area contributed by atoms with Crippen LogP contribution < -0.4 is 9.80 Å². The summed E-state index contributed by atoms with van der Waals surface area (Å²) >= 11 is 0. The van der Waals surface area contributed by atoms with Crippen molar-refractivity contribution >= 4 is 44.9 Å². The predicted molar refractivity (Wildman–Crippen MR) is 323 cm³/mol. The molecule has 11 aromatic rings. The number of para-hydroxylation sites is 2. The van der Waals surface area contributed by atoms with Gasteiger partial charge in [0.15, 0.2) is 0 Å². The molecule has 0 saturated heterocycles. The van der Waals surface area contributed by atoms with Crippen molar-refractivity contribution in [3.8, 4) is 44.5 Å². The minimum atomic E-state index is -0.182. The lowest BCUT2D eigenvalue weighted by Crippen LogP contribution is -2.42. The average molecular weight is 989 g/mol. The van der Waals surface area contributed by atoms with Crippen LogP contribution in [0.3, 0.4) is 0 Å². The van der Waals surface area contributed by atoms with Gasteiger partial charge in [0.1, 0.15) is 0 Å². The molecule has 2 nitrogen and oxygen atoms in total. The van der Waals surface area contributed by atoms with E-state index in [1.165, 1.54) is 136 Å². The molecule has 1 spiro atoms. The normalized spacial score (nSPS) is 18.2. The molecule has 4 aliphatic carbocycles. The van der Waals surface area contributed by atoms with Crippen LogP contribution in [0.25, 0.3) is 55.3 Å². The van der Waals surface area contributed by atoms with Gasteiger partial charge in [-0.05, 0) is 199 Å². The highest BCUT2D eigenvalue weighted by molar-refractivity contribution is 5.97. The second-order valence-corrected chi connectivity index (χ2v) is 22.7. The van der Waals surface area contributed by atoms with E-state index in [0.717, 1.165) is 18.5 Å². The number of anilines is 6. The minimum absolute atomic E-state index is 0.119. The van der Waals surface area contributed by atoms with E-state index >= 15 is 0 Å². The summed E-state index contributed by atoms with van der Waals surface area (Å²) in [6, 6.07) is 96.0. The molecule has 3 unspecified atom stereocenters. The topological polar surface area (TPSA) is 6.48 Å². The van der Waals surface area contributed by atoms with Gasteiger partial charge < -0.3 is 9.80 Å². The first-order valence-electron chi connectivity index (χ1n) is 27.9. The lowest BCUT2D eigenvalue weighted by Gasteiger charge is -2.46. The van der Waals surface area contributed by atoms with Crippen molar-refractivity contribution in [2.45, 2.75) is 56.8 Å². The van der Waals surface area contributed by atoms with Crippen molar-refractivity contribution < 1.29 is 0 Å². The Kier molecular flexibility index (Phi) is 10.6. The van der Waals surface area contributed by atoms with Crippen molar-refractivity contribution in [3.05, 3.63) is 288 Å². The molecule has 1 saturated carbocycles. The molecule has 370 valence electrons. The molecule has 11 aromatic carbocycles. The monoisotopic (exact) mass is 988 g/mol. The van der Waals surface area contributed by atoms with Crippen molar-refractivity contribution in [2.75, 3.05) is 9.80 Å². The van der Waals surface area contributed by atoms with Gasteiger partial charge in [-0.2, -0.15) is 0 Å². The molecule has 4 aliphatic rings. The van der Waals surface area contributed by atoms with E-state index in [0.29, 0.717) is 11.8 Å². The van der Waals surface area contributed by atoms with E-state index < -0.39 is 0 Å². The van der Waals surface area contributed by atoms with Crippen molar-refractivity contribution in [1.82, 2.24) is 0 Å². The molecule has 0 radical (unpaired) electrons. The van der Waals surface area contributed by atoms with Gasteiger partial charge in [0, 0.05) is 33.6 Å². The highest BCUT2D eigenvalue weighted by atomic mass is 15.2. The number of rotatable bonds is 9. The van der Waals surface area contributed by atoms with Gasteiger partial charge in [0.25, 0.3) is 0 Å². The highest BCUT2D eigenvalue weighted by Crippen LogP contribution is 2.67. The zero-order valence-corrected chi connectivity index (χ0v) is 43.8. The maximum atomic E-state index is 2.62. The molecule has 77 heavy (non-hydrogen) atoms. The van der Waals surface area contributed by atoms with E-state index in [1.54, 1.807) is 0 Å². The van der Waals surface area contributed by atoms with Crippen LogP contribution in [0.5, 0.6) is 0 Å². The zero-order chi connectivity index (χ0) is 51.2. The third-order valence-corrected chi connectivity index (χ3v) is 18.4. The lowest BCUT2D eigenvalue weighted by atomic mass is 9.58. The van der Waals surface area contributed by atoms with Crippen LogP contribution in [0.1, 0.15) is 66.5 Å². The van der Waals surface area contributed by atoms with Crippen molar-refractivity contribution in [3.63, 3.8) is 0 Å². The van der Waals surface area contributed by atoms with Crippen LogP contribution in [0.2, 0.25) is 0 Å². The maximum Gasteiger partial charge on any atom is 0.0505 e. The Bertz CT molecular complexity index is 4040. The molecule has 0 amide bonds. The van der Waals surface area contributed by atoms with Crippen LogP contribution >= 0.6 is 0 Å². The Morgan fingerprint density at radius 3 is 1.36 bits per heavy atom. The molecule has 0 aliphatic heterocycles. The summed E-state index contributed by atoms with van der Waals surface area (Å²) in [7, 11) is 0. The summed E-state index contributed by atoms with van der Waals surface area (Å²) < 4.78 is 0. The Morgan fingerprint density at radius 2 is 0.779 bits per heavy atom. The summed E-state index contributed by atoms with van der Waals surface area (Å²) in [4.78, 5) is 5.21. The first kappa shape index (κ1) is 45.7. The third kappa shape index (κ3) is 7.15. The fourth-order valence-electron chi connectivity index (χ4n) is 15.1. The van der Waals surface area contributed by atoms with E-state index in [-0.39, 0.29) is 10.8 Å². The third-order valence-electron chi connectivity index (χ3n) is 18.4. The summed E-state index contributed by atoms with van der Waals surface area (Å²) in [5, 5.41) is 2.48. The largest absolute Gasteiger partial charge is 0.310 e. The second-order valence-electron chi connectivity index (χ2n) is 22.7. The van der Waals surface area contributed by atoms with Crippen LogP contribution in [-0.4, -0.2) is 0 Å². The first-order valence-corrected chi connectivity index (χ1v) is 27.9. The first-order chi connectivity index (χ1) is 37.9. The van der Waals surface area contributed by atoms with Crippen molar-refractivity contribution in [2.24, 2.45) is 11.8 Å². The molecule has 0 aromatic heterocycles. The molecule has 1 fully saturated rings. The Balaban J connectivity index is 0.888. The van der Waals surface area contributed by atoms with E-state index in [9.17, 15) is 0 Å². The van der Waals surface area contributed by atoms with E-state index in [1.807, 2.05) is 0 Å². The zero-order valence-electron chi connectivity index (χ0n) is 43.8. The Labute approximate surface area is 453 Å². The SMILES string of the molecule is CC1(C)c2ccccc2-c2ccc(N(c3ccccc3)c3cccc4c3C35c6c(cccc6N(c6ccccc6)c6ccc(-c7cc8ccccc8cc7-c7ccc(-c8ccccc8)cc7)cc6)CC3CCCC5C4)cc21. The molecule has 3 atom stereocenters. The van der Waals surface area contributed by atoms with Crippen molar-refractivity contribution in [1.29, 1.82) is 0 Å². The molecular weight excluding hydrogens is 929 g/mol. The van der Waals surface area contributed by atoms with Crippen LogP contribution in [0, 0.1) is 11.8 Å². The molecule has 0 heterocycles. The fraction of sp³-hybridized carbons (Fsp3) is 0.147. The average Bonchev–Trinajstić information content (AvgIpc) is 4.33.